The molecule has 8 aliphatic rings. The van der Waals surface area contributed by atoms with Gasteiger partial charge < -0.3 is 28.4 Å². The lowest BCUT2D eigenvalue weighted by Crippen LogP contribution is -2.58. The molecule has 0 heterocycles. The molecule has 342 valence electrons. The summed E-state index contributed by atoms with van der Waals surface area (Å²) < 4.78 is 36.2. The summed E-state index contributed by atoms with van der Waals surface area (Å²) >= 11 is 0. The van der Waals surface area contributed by atoms with Crippen LogP contribution in [0.25, 0.3) is 0 Å². The predicted octanol–water partition coefficient (Wildman–Crippen LogP) is 12.8. The van der Waals surface area contributed by atoms with Gasteiger partial charge in [0.15, 0.2) is 21.3 Å². The van der Waals surface area contributed by atoms with E-state index in [4.69, 9.17) is 28.4 Å². The molecule has 0 radical (unpaired) electrons. The molecule has 0 aromatic heterocycles. The summed E-state index contributed by atoms with van der Waals surface area (Å²) in [4.78, 5) is 29.5. The van der Waals surface area contributed by atoms with E-state index in [1.165, 1.54) is 78.9 Å². The second kappa shape index (κ2) is 18.0. The van der Waals surface area contributed by atoms with Crippen molar-refractivity contribution in [3.8, 4) is 23.0 Å². The first kappa shape index (κ1) is 43.2. The van der Waals surface area contributed by atoms with Gasteiger partial charge in [0, 0.05) is 0 Å². The molecule has 8 bridgehead atoms. The van der Waals surface area contributed by atoms with E-state index >= 15 is 0 Å². The lowest BCUT2D eigenvalue weighted by atomic mass is 9.50. The van der Waals surface area contributed by atoms with Crippen LogP contribution < -0.4 is 18.9 Å². The fourth-order valence-electron chi connectivity index (χ4n) is 13.3. The van der Waals surface area contributed by atoms with Crippen molar-refractivity contribution in [2.24, 2.45) is 47.3 Å². The molecule has 66 heavy (non-hydrogen) atoms. The van der Waals surface area contributed by atoms with E-state index in [9.17, 15) is 9.59 Å². The van der Waals surface area contributed by atoms with Crippen molar-refractivity contribution >= 4 is 23.0 Å². The molecule has 9 heteroatoms. The van der Waals surface area contributed by atoms with Crippen LogP contribution in [0.5, 0.6) is 23.0 Å². The summed E-state index contributed by atoms with van der Waals surface area (Å²) in [5.74, 6) is 7.54. The lowest BCUT2D eigenvalue weighted by Gasteiger charge is -2.59. The number of rotatable bonds is 15. The molecular weight excluding hydrogens is 845 g/mol. The van der Waals surface area contributed by atoms with Gasteiger partial charge in [0.1, 0.15) is 47.4 Å². The molecule has 0 spiro atoms. The number of esters is 1. The van der Waals surface area contributed by atoms with Crippen LogP contribution >= 0.6 is 0 Å². The maximum Gasteiger partial charge on any atom is 0.514 e. The molecule has 5 aromatic rings. The third-order valence-corrected chi connectivity index (χ3v) is 18.7. The highest BCUT2D eigenvalue weighted by Crippen LogP contribution is 2.60. The van der Waals surface area contributed by atoms with Gasteiger partial charge in [-0.1, -0.05) is 42.5 Å². The van der Waals surface area contributed by atoms with Crippen LogP contribution in [0.2, 0.25) is 0 Å². The van der Waals surface area contributed by atoms with Crippen LogP contribution in [0, 0.1) is 47.3 Å². The highest BCUT2D eigenvalue weighted by atomic mass is 32.2. The Morgan fingerprint density at radius 3 is 1.29 bits per heavy atom. The Balaban J connectivity index is 0.656. The molecule has 0 N–H and O–H groups in total. The number of ether oxygens (including phenoxy) is 6. The topological polar surface area (TPSA) is 89.5 Å². The molecule has 5 aromatic carbocycles. The van der Waals surface area contributed by atoms with Crippen molar-refractivity contribution in [2.75, 3.05) is 6.61 Å². The molecule has 1 unspecified atom stereocenters. The van der Waals surface area contributed by atoms with E-state index in [-0.39, 0.29) is 29.1 Å². The fraction of sp³-hybridized carbons (Fsp3) is 0.439. The quantitative estimate of drug-likeness (QED) is 0.0583. The van der Waals surface area contributed by atoms with E-state index in [0.717, 1.165) is 46.3 Å². The van der Waals surface area contributed by atoms with Gasteiger partial charge in [-0.25, -0.2) is 9.59 Å². The van der Waals surface area contributed by atoms with Crippen molar-refractivity contribution < 1.29 is 38.0 Å². The second-order valence-corrected chi connectivity index (χ2v) is 22.6. The zero-order chi connectivity index (χ0) is 44.8. The van der Waals surface area contributed by atoms with Crippen LogP contribution in [0.1, 0.15) is 89.2 Å². The first-order valence-corrected chi connectivity index (χ1v) is 25.5. The monoisotopic (exact) mass is 905 g/mol. The molecule has 1 atom stereocenters. The van der Waals surface area contributed by atoms with E-state index in [2.05, 4.69) is 62.4 Å². The largest absolute Gasteiger partial charge is 0.514 e. The summed E-state index contributed by atoms with van der Waals surface area (Å²) in [5.41, 5.74) is 1.21. The molecule has 8 aliphatic carbocycles. The molecule has 0 amide bonds. The number of carbonyl (C=O) groups is 2. The van der Waals surface area contributed by atoms with E-state index in [1.54, 1.807) is 0 Å². The molecule has 8 fully saturated rings. The maximum atomic E-state index is 13.0. The van der Waals surface area contributed by atoms with Gasteiger partial charge >= 0.3 is 12.1 Å². The Morgan fingerprint density at radius 1 is 0.455 bits per heavy atom. The first-order valence-electron chi connectivity index (χ1n) is 24.3. The number of hydrogen-bond acceptors (Lipinski definition) is 8. The van der Waals surface area contributed by atoms with Gasteiger partial charge in [-0.05, 0) is 221 Å². The maximum absolute atomic E-state index is 13.0. The Bertz CT molecular complexity index is 2430. The average molecular weight is 906 g/mol. The summed E-state index contributed by atoms with van der Waals surface area (Å²) in [5, 5.41) is 0. The fourth-order valence-corrected chi connectivity index (χ4v) is 15.3. The molecule has 8 nitrogen and oxygen atoms in total. The first-order chi connectivity index (χ1) is 32.1. The Kier molecular flexibility index (Phi) is 11.8. The van der Waals surface area contributed by atoms with E-state index < -0.39 is 11.8 Å². The Labute approximate surface area is 392 Å². The van der Waals surface area contributed by atoms with Gasteiger partial charge in [-0.3, -0.25) is 0 Å². The molecule has 0 saturated heterocycles. The van der Waals surface area contributed by atoms with Crippen molar-refractivity contribution in [1.82, 2.24) is 0 Å². The highest BCUT2D eigenvalue weighted by Gasteiger charge is 2.58. The summed E-state index contributed by atoms with van der Waals surface area (Å²) in [6.45, 7) is 5.01. The summed E-state index contributed by atoms with van der Waals surface area (Å²) in [6, 6.07) is 42.4. The van der Waals surface area contributed by atoms with Crippen molar-refractivity contribution in [1.29, 1.82) is 0 Å². The van der Waals surface area contributed by atoms with E-state index in [1.807, 2.05) is 78.9 Å². The minimum Gasteiger partial charge on any atom is -0.489 e. The van der Waals surface area contributed by atoms with Crippen molar-refractivity contribution in [2.45, 2.75) is 117 Å². The number of benzene rings is 5. The SMILES string of the molecule is CC1(OC(=O)COc2ccc(COc3ccc([S+](c4ccccc4)c4ccc(OCc5ccc(OC(=O)OC6(C)C7CC8CC(C7)CC6C8)cc5)cc4)cc3)cc2)C2CC3CC(C2)CC1C3. The van der Waals surface area contributed by atoms with Crippen LogP contribution in [0.4, 0.5) is 4.79 Å². The van der Waals surface area contributed by atoms with Gasteiger partial charge in [0.25, 0.3) is 0 Å². The minimum absolute atomic E-state index is 0.0823. The highest BCUT2D eigenvalue weighted by molar-refractivity contribution is 7.97. The molecule has 0 aliphatic heterocycles. The zero-order valence-electron chi connectivity index (χ0n) is 38.1. The van der Waals surface area contributed by atoms with Gasteiger partial charge in [0.2, 0.25) is 0 Å². The van der Waals surface area contributed by atoms with Crippen LogP contribution in [-0.4, -0.2) is 29.9 Å². The van der Waals surface area contributed by atoms with Gasteiger partial charge in [0.05, 0.1) is 10.9 Å². The molecule has 13 rings (SSSR count). The molecular formula is C57H61O8S+. The number of hydrogen-bond donors (Lipinski definition) is 0. The van der Waals surface area contributed by atoms with Crippen LogP contribution in [0.3, 0.4) is 0 Å². The normalized spacial score (nSPS) is 30.3. The van der Waals surface area contributed by atoms with Gasteiger partial charge in [-0.2, -0.15) is 0 Å². The van der Waals surface area contributed by atoms with Gasteiger partial charge in [-0.15, -0.1) is 0 Å². The molecule has 8 saturated carbocycles. The van der Waals surface area contributed by atoms with E-state index in [0.29, 0.717) is 48.4 Å². The van der Waals surface area contributed by atoms with Crippen LogP contribution in [0.15, 0.2) is 142 Å². The Hall–Kier alpha value is -5.41. The average Bonchev–Trinajstić information content (AvgIpc) is 3.32. The predicted molar refractivity (Wildman–Crippen MR) is 253 cm³/mol. The summed E-state index contributed by atoms with van der Waals surface area (Å²) in [7, 11) is -0.349. The Morgan fingerprint density at radius 2 is 0.833 bits per heavy atom. The van der Waals surface area contributed by atoms with Crippen LogP contribution in [-0.2, 0) is 38.4 Å². The van der Waals surface area contributed by atoms with Crippen molar-refractivity contribution in [3.63, 3.8) is 0 Å². The zero-order valence-corrected chi connectivity index (χ0v) is 38.9. The lowest BCUT2D eigenvalue weighted by molar-refractivity contribution is -0.204. The second-order valence-electron chi connectivity index (χ2n) is 20.6. The summed E-state index contributed by atoms with van der Waals surface area (Å²) in [6.07, 6.45) is 11.6. The minimum atomic E-state index is -0.601. The number of carbonyl (C=O) groups excluding carboxylic acids is 2. The smallest absolute Gasteiger partial charge is 0.489 e. The standard InChI is InChI=1S/C57H61O8S/c1-56(43-26-39-24-40(28-43)29-44(56)27-39)64-54(58)36-62-47-12-8-37(9-13-47)34-60-48-16-20-52(21-17-48)66(51-6-4-3-5-7-51)53-22-18-49(19-23-53)61-35-38-10-14-50(15-11-38)63-55(59)65-57(2)45-30-41-25-42(32-45)33-46(57)31-41/h3-23,39-46H,24-36H2,1-2H3/q+1. The van der Waals surface area contributed by atoms with Crippen molar-refractivity contribution in [3.05, 3.63) is 139 Å². The third-order valence-electron chi connectivity index (χ3n) is 16.5. The third kappa shape index (κ3) is 8.92.